The molecule has 1 unspecified atom stereocenters. The van der Waals surface area contributed by atoms with Crippen molar-refractivity contribution in [3.8, 4) is 16.9 Å². The Bertz CT molecular complexity index is 1300. The van der Waals surface area contributed by atoms with Gasteiger partial charge < -0.3 is 9.84 Å². The fourth-order valence-electron chi connectivity index (χ4n) is 3.20. The molecule has 35 heavy (non-hydrogen) atoms. The molecule has 0 aliphatic rings. The van der Waals surface area contributed by atoms with Crippen molar-refractivity contribution in [2.75, 3.05) is 13.7 Å². The molecule has 0 aliphatic carbocycles. The van der Waals surface area contributed by atoms with E-state index in [-0.39, 0.29) is 33.3 Å². The molecule has 3 aromatic rings. The minimum atomic E-state index is -4.60. The summed E-state index contributed by atoms with van der Waals surface area (Å²) in [5.74, 6) is -2.01. The largest absolute Gasteiger partial charge is 0.481 e. The van der Waals surface area contributed by atoms with E-state index in [1.165, 1.54) is 37.4 Å². The number of nitrogens with zero attached hydrogens (tertiary/aromatic N) is 1. The van der Waals surface area contributed by atoms with Gasteiger partial charge in [-0.3, -0.25) is 0 Å². The van der Waals surface area contributed by atoms with Crippen LogP contribution in [0.4, 0.5) is 17.6 Å². The molecule has 0 amide bonds. The molecule has 0 saturated heterocycles. The highest BCUT2D eigenvalue weighted by molar-refractivity contribution is 7.95. The smallest absolute Gasteiger partial charge is 0.416 e. The molecular formula is C23H19ClF4NO5S+. The fourth-order valence-corrected chi connectivity index (χ4v) is 4.64. The molecule has 0 spiro atoms. The molecule has 0 fully saturated rings. The van der Waals surface area contributed by atoms with Crippen LogP contribution in [0.3, 0.4) is 0 Å². The third-order valence-electron chi connectivity index (χ3n) is 4.92. The highest BCUT2D eigenvalue weighted by Gasteiger charge is 2.36. The zero-order valence-corrected chi connectivity index (χ0v) is 19.6. The summed E-state index contributed by atoms with van der Waals surface area (Å²) in [6.45, 7) is -0.865. The molecule has 12 heteroatoms. The van der Waals surface area contributed by atoms with Gasteiger partial charge in [0.1, 0.15) is 11.6 Å². The van der Waals surface area contributed by atoms with Gasteiger partial charge in [0.25, 0.3) is 0 Å². The molecule has 2 N–H and O–H groups in total. The molecule has 0 aliphatic heterocycles. The van der Waals surface area contributed by atoms with E-state index in [0.29, 0.717) is 5.56 Å². The van der Waals surface area contributed by atoms with Crippen LogP contribution in [-0.4, -0.2) is 33.6 Å². The van der Waals surface area contributed by atoms with E-state index in [2.05, 4.69) is 0 Å². The highest BCUT2D eigenvalue weighted by atomic mass is 35.5. The number of carbonyl (C=O) groups is 1. The van der Waals surface area contributed by atoms with E-state index < -0.39 is 40.5 Å². The van der Waals surface area contributed by atoms with Crippen LogP contribution in [0.15, 0.2) is 65.6 Å². The first-order valence-corrected chi connectivity index (χ1v) is 11.7. The Balaban J connectivity index is 1.98. The standard InChI is InChI=1S/C23H18ClF4NO5S/c1-29(35(32,33)17-6-7-20(25)19(24)11-17)12-14-5-8-21(34-13-22(30)31)18(9-14)15-3-2-4-16(10-15)23(26,27)28/h2-11H,12-13H2,1H3,(H-,30,31,32,33)/p+1. The van der Waals surface area contributed by atoms with Crippen molar-refractivity contribution < 1.29 is 41.0 Å². The first-order chi connectivity index (χ1) is 16.3. The average molecular weight is 533 g/mol. The van der Waals surface area contributed by atoms with Gasteiger partial charge in [0.05, 0.1) is 17.1 Å². The number of aliphatic carboxylic acids is 1. The molecule has 0 radical (unpaired) electrons. The Kier molecular flexibility index (Phi) is 7.85. The van der Waals surface area contributed by atoms with Crippen LogP contribution in [0.1, 0.15) is 11.1 Å². The second-order valence-corrected chi connectivity index (χ2v) is 9.95. The van der Waals surface area contributed by atoms with Crippen molar-refractivity contribution in [2.45, 2.75) is 17.6 Å². The van der Waals surface area contributed by atoms with E-state index >= 15 is 0 Å². The molecular weight excluding hydrogens is 514 g/mol. The van der Waals surface area contributed by atoms with Crippen molar-refractivity contribution in [3.05, 3.63) is 82.6 Å². The zero-order valence-electron chi connectivity index (χ0n) is 18.1. The van der Waals surface area contributed by atoms with Crippen LogP contribution in [0.25, 0.3) is 11.1 Å². The predicted molar refractivity (Wildman–Crippen MR) is 122 cm³/mol. The van der Waals surface area contributed by atoms with Crippen molar-refractivity contribution in [1.29, 1.82) is 0 Å². The quantitative estimate of drug-likeness (QED) is 0.274. The van der Waals surface area contributed by atoms with Crippen LogP contribution < -0.4 is 4.74 Å². The first-order valence-electron chi connectivity index (χ1n) is 9.87. The van der Waals surface area contributed by atoms with E-state index in [9.17, 15) is 31.1 Å². The number of carboxylic acid groups (broad SMARTS) is 1. The summed E-state index contributed by atoms with van der Waals surface area (Å²) in [5.41, 5.74) is -0.219. The van der Waals surface area contributed by atoms with Crippen molar-refractivity contribution in [1.82, 2.24) is 4.31 Å². The van der Waals surface area contributed by atoms with E-state index in [1.54, 1.807) is 0 Å². The van der Waals surface area contributed by atoms with Crippen molar-refractivity contribution >= 4 is 28.0 Å². The predicted octanol–water partition coefficient (Wildman–Crippen LogP) is 6.01. The Morgan fingerprint density at radius 1 is 1.11 bits per heavy atom. The van der Waals surface area contributed by atoms with Crippen LogP contribution in [0, 0.1) is 5.82 Å². The first kappa shape index (κ1) is 26.6. The van der Waals surface area contributed by atoms with Crippen LogP contribution >= 0.6 is 11.6 Å². The lowest BCUT2D eigenvalue weighted by Gasteiger charge is -2.18. The summed E-state index contributed by atoms with van der Waals surface area (Å²) in [6.07, 6.45) is -4.60. The van der Waals surface area contributed by atoms with Gasteiger partial charge in [-0.2, -0.15) is 17.7 Å². The van der Waals surface area contributed by atoms with E-state index in [1.807, 2.05) is 0 Å². The minimum Gasteiger partial charge on any atom is -0.481 e. The summed E-state index contributed by atoms with van der Waals surface area (Å²) in [4.78, 5) is 10.8. The van der Waals surface area contributed by atoms with Crippen LogP contribution in [0.5, 0.6) is 5.75 Å². The number of carboxylic acids is 1. The normalized spacial score (nSPS) is 13.5. The maximum absolute atomic E-state index is 13.5. The molecule has 0 bridgehead atoms. The number of hydrogen-bond acceptors (Lipinski definition) is 3. The van der Waals surface area contributed by atoms with Gasteiger partial charge in [-0.25, -0.2) is 9.18 Å². The average Bonchev–Trinajstić information content (AvgIpc) is 2.79. The Labute approximate surface area is 204 Å². The SMILES string of the molecule is CN(Cc1ccc(OCC(=O)O)c(-c2cccc(C(F)(F)F)c2)c1)[S+](=O)(O)c1ccc(F)c(Cl)c1. The maximum Gasteiger partial charge on any atom is 0.416 e. The molecule has 1 atom stereocenters. The highest BCUT2D eigenvalue weighted by Crippen LogP contribution is 2.36. The molecule has 3 rings (SSSR count). The van der Waals surface area contributed by atoms with Crippen LogP contribution in [-0.2, 0) is 32.1 Å². The van der Waals surface area contributed by atoms with Gasteiger partial charge >= 0.3 is 22.5 Å². The summed E-state index contributed by atoms with van der Waals surface area (Å²) >= 11 is 5.72. The number of halogens is 5. The molecule has 186 valence electrons. The number of ether oxygens (including phenoxy) is 1. The summed E-state index contributed by atoms with van der Waals surface area (Å²) < 4.78 is 83.0. The number of alkyl halides is 3. The third kappa shape index (κ3) is 6.37. The number of benzene rings is 3. The topological polar surface area (TPSA) is 87.1 Å². The van der Waals surface area contributed by atoms with Gasteiger partial charge in [-0.1, -0.05) is 34.1 Å². The monoisotopic (exact) mass is 532 g/mol. The lowest BCUT2D eigenvalue weighted by atomic mass is 9.99. The van der Waals surface area contributed by atoms with Gasteiger partial charge in [0.15, 0.2) is 6.61 Å². The fraction of sp³-hybridized carbons (Fsp3) is 0.174. The van der Waals surface area contributed by atoms with E-state index in [0.717, 1.165) is 34.6 Å². The Hall–Kier alpha value is -2.99. The summed E-state index contributed by atoms with van der Waals surface area (Å²) in [5, 5.41) is 8.59. The van der Waals surface area contributed by atoms with E-state index in [4.69, 9.17) is 21.4 Å². The maximum atomic E-state index is 13.5. The number of hydrogen-bond donors (Lipinski definition) is 2. The van der Waals surface area contributed by atoms with Crippen molar-refractivity contribution in [3.63, 3.8) is 0 Å². The number of rotatable bonds is 8. The third-order valence-corrected chi connectivity index (χ3v) is 7.05. The van der Waals surface area contributed by atoms with Crippen LogP contribution in [0.2, 0.25) is 5.02 Å². The zero-order chi connectivity index (χ0) is 26.0. The second-order valence-electron chi connectivity index (χ2n) is 7.45. The molecule has 0 heterocycles. The summed E-state index contributed by atoms with van der Waals surface area (Å²) in [6, 6.07) is 11.8. The van der Waals surface area contributed by atoms with Gasteiger partial charge in [0.2, 0.25) is 4.90 Å². The lowest BCUT2D eigenvalue weighted by Crippen LogP contribution is -2.32. The van der Waals surface area contributed by atoms with Gasteiger partial charge in [-0.05, 0) is 45.7 Å². The Morgan fingerprint density at radius 2 is 1.83 bits per heavy atom. The second kappa shape index (κ2) is 10.3. The van der Waals surface area contributed by atoms with Gasteiger partial charge in [-0.15, -0.1) is 0 Å². The molecule has 0 aromatic heterocycles. The van der Waals surface area contributed by atoms with Crippen molar-refractivity contribution in [2.24, 2.45) is 0 Å². The lowest BCUT2D eigenvalue weighted by molar-refractivity contribution is -0.139. The molecule has 3 aromatic carbocycles. The Morgan fingerprint density at radius 3 is 2.46 bits per heavy atom. The van der Waals surface area contributed by atoms with Gasteiger partial charge in [0, 0.05) is 24.7 Å². The summed E-state index contributed by atoms with van der Waals surface area (Å²) in [7, 11) is -2.51. The molecule has 0 saturated carbocycles. The minimum absolute atomic E-state index is 0.0215. The molecule has 6 nitrogen and oxygen atoms in total.